The first kappa shape index (κ1) is 13.9. The zero-order chi connectivity index (χ0) is 11.6. The molecule has 1 N–H and O–H groups in total. The molecule has 0 aromatic heterocycles. The van der Waals surface area contributed by atoms with Crippen molar-refractivity contribution >= 4 is 0 Å². The van der Waals surface area contributed by atoms with E-state index in [1.807, 2.05) is 0 Å². The van der Waals surface area contributed by atoms with Crippen LogP contribution in [0.1, 0.15) is 26.2 Å². The third kappa shape index (κ3) is 5.80. The molecular formula is C12H25NO3. The molecule has 96 valence electrons. The molecule has 4 nitrogen and oxygen atoms in total. The molecule has 0 heterocycles. The van der Waals surface area contributed by atoms with Gasteiger partial charge in [0.05, 0.1) is 19.3 Å². The molecule has 16 heavy (non-hydrogen) atoms. The van der Waals surface area contributed by atoms with Crippen LogP contribution in [-0.4, -0.2) is 52.2 Å². The minimum Gasteiger partial charge on any atom is -0.385 e. The average molecular weight is 231 g/mol. The lowest BCUT2D eigenvalue weighted by molar-refractivity contribution is -0.0428. The van der Waals surface area contributed by atoms with Gasteiger partial charge in [0.1, 0.15) is 0 Å². The Labute approximate surface area is 98.6 Å². The highest BCUT2D eigenvalue weighted by molar-refractivity contribution is 4.85. The molecule has 0 radical (unpaired) electrons. The van der Waals surface area contributed by atoms with Gasteiger partial charge in [-0.05, 0) is 25.8 Å². The second-order valence-corrected chi connectivity index (χ2v) is 4.18. The number of hydrogen-bond acceptors (Lipinski definition) is 4. The van der Waals surface area contributed by atoms with Gasteiger partial charge in [0.2, 0.25) is 0 Å². The molecule has 0 atom stereocenters. The first-order valence-electron chi connectivity index (χ1n) is 6.28. The Morgan fingerprint density at radius 2 is 1.94 bits per heavy atom. The topological polar surface area (TPSA) is 39.7 Å². The molecule has 1 aliphatic carbocycles. The Morgan fingerprint density at radius 1 is 1.12 bits per heavy atom. The summed E-state index contributed by atoms with van der Waals surface area (Å²) in [7, 11) is 1.71. The summed E-state index contributed by atoms with van der Waals surface area (Å²) in [5, 5.41) is 3.41. The second kappa shape index (κ2) is 8.93. The molecule has 0 unspecified atom stereocenters. The van der Waals surface area contributed by atoms with Gasteiger partial charge in [0.15, 0.2) is 0 Å². The van der Waals surface area contributed by atoms with E-state index in [0.717, 1.165) is 45.6 Å². The number of rotatable bonds is 10. The van der Waals surface area contributed by atoms with Crippen LogP contribution in [0.2, 0.25) is 0 Å². The number of methoxy groups -OCH3 is 1. The molecule has 4 heteroatoms. The van der Waals surface area contributed by atoms with Gasteiger partial charge in [-0.2, -0.15) is 0 Å². The third-order valence-corrected chi connectivity index (χ3v) is 2.81. The minimum absolute atomic E-state index is 0.451. The SMILES string of the molecule is CCNC1CC(OCCOCCCOC)C1. The van der Waals surface area contributed by atoms with E-state index in [2.05, 4.69) is 12.2 Å². The van der Waals surface area contributed by atoms with E-state index >= 15 is 0 Å². The summed E-state index contributed by atoms with van der Waals surface area (Å²) >= 11 is 0. The molecule has 0 aromatic carbocycles. The Balaban J connectivity index is 1.76. The van der Waals surface area contributed by atoms with Gasteiger partial charge in [-0.15, -0.1) is 0 Å². The molecule has 0 aliphatic heterocycles. The lowest BCUT2D eigenvalue weighted by Crippen LogP contribution is -2.45. The molecule has 1 rings (SSSR count). The summed E-state index contributed by atoms with van der Waals surface area (Å²) in [5.41, 5.74) is 0. The summed E-state index contributed by atoms with van der Waals surface area (Å²) in [6.07, 6.45) is 3.71. The quantitative estimate of drug-likeness (QED) is 0.573. The highest BCUT2D eigenvalue weighted by Gasteiger charge is 2.28. The van der Waals surface area contributed by atoms with Crippen LogP contribution in [0.3, 0.4) is 0 Å². The molecule has 1 fully saturated rings. The predicted molar refractivity (Wildman–Crippen MR) is 63.8 cm³/mol. The maximum absolute atomic E-state index is 5.66. The number of hydrogen-bond donors (Lipinski definition) is 1. The fraction of sp³-hybridized carbons (Fsp3) is 1.00. The lowest BCUT2D eigenvalue weighted by Gasteiger charge is -2.35. The Morgan fingerprint density at radius 3 is 2.62 bits per heavy atom. The van der Waals surface area contributed by atoms with Gasteiger partial charge in [0, 0.05) is 26.4 Å². The van der Waals surface area contributed by atoms with Crippen LogP contribution >= 0.6 is 0 Å². The predicted octanol–water partition coefficient (Wildman–Crippen LogP) is 1.20. The van der Waals surface area contributed by atoms with Gasteiger partial charge in [-0.3, -0.25) is 0 Å². The van der Waals surface area contributed by atoms with E-state index in [4.69, 9.17) is 14.2 Å². The van der Waals surface area contributed by atoms with Crippen molar-refractivity contribution < 1.29 is 14.2 Å². The molecule has 1 saturated carbocycles. The zero-order valence-electron chi connectivity index (χ0n) is 10.5. The fourth-order valence-corrected chi connectivity index (χ4v) is 1.84. The highest BCUT2D eigenvalue weighted by Crippen LogP contribution is 2.22. The van der Waals surface area contributed by atoms with Crippen LogP contribution < -0.4 is 5.32 Å². The van der Waals surface area contributed by atoms with E-state index in [0.29, 0.717) is 18.8 Å². The van der Waals surface area contributed by atoms with Crippen LogP contribution in [0.4, 0.5) is 0 Å². The first-order chi connectivity index (χ1) is 7.86. The maximum Gasteiger partial charge on any atom is 0.0704 e. The van der Waals surface area contributed by atoms with Gasteiger partial charge >= 0.3 is 0 Å². The lowest BCUT2D eigenvalue weighted by atomic mass is 9.89. The van der Waals surface area contributed by atoms with Crippen molar-refractivity contribution in [1.82, 2.24) is 5.32 Å². The van der Waals surface area contributed by atoms with Crippen molar-refractivity contribution in [3.05, 3.63) is 0 Å². The van der Waals surface area contributed by atoms with Crippen molar-refractivity contribution in [2.75, 3.05) is 40.1 Å². The van der Waals surface area contributed by atoms with Gasteiger partial charge in [0.25, 0.3) is 0 Å². The fourth-order valence-electron chi connectivity index (χ4n) is 1.84. The Kier molecular flexibility index (Phi) is 7.76. The Bertz CT molecular complexity index is 160. The van der Waals surface area contributed by atoms with E-state index in [1.165, 1.54) is 0 Å². The largest absolute Gasteiger partial charge is 0.385 e. The minimum atomic E-state index is 0.451. The second-order valence-electron chi connectivity index (χ2n) is 4.18. The van der Waals surface area contributed by atoms with Crippen molar-refractivity contribution in [2.24, 2.45) is 0 Å². The molecule has 1 aliphatic rings. The van der Waals surface area contributed by atoms with Crippen LogP contribution in [0.25, 0.3) is 0 Å². The summed E-state index contributed by atoms with van der Waals surface area (Å²) < 4.78 is 16.0. The van der Waals surface area contributed by atoms with Gasteiger partial charge in [-0.25, -0.2) is 0 Å². The molecule has 0 amide bonds. The smallest absolute Gasteiger partial charge is 0.0704 e. The summed E-state index contributed by atoms with van der Waals surface area (Å²) in [5.74, 6) is 0. The van der Waals surface area contributed by atoms with Crippen molar-refractivity contribution in [3.63, 3.8) is 0 Å². The van der Waals surface area contributed by atoms with Crippen LogP contribution in [0.5, 0.6) is 0 Å². The normalized spacial score (nSPS) is 24.4. The number of nitrogens with one attached hydrogen (secondary N) is 1. The van der Waals surface area contributed by atoms with E-state index in [9.17, 15) is 0 Å². The first-order valence-corrected chi connectivity index (χ1v) is 6.28. The zero-order valence-corrected chi connectivity index (χ0v) is 10.5. The van der Waals surface area contributed by atoms with Crippen LogP contribution in [0, 0.1) is 0 Å². The standard InChI is InChI=1S/C12H25NO3/c1-3-13-11-9-12(10-11)16-8-7-15-6-4-5-14-2/h11-13H,3-10H2,1-2H3. The van der Waals surface area contributed by atoms with E-state index in [1.54, 1.807) is 7.11 Å². The third-order valence-electron chi connectivity index (χ3n) is 2.81. The van der Waals surface area contributed by atoms with E-state index < -0.39 is 0 Å². The number of ether oxygens (including phenoxy) is 3. The van der Waals surface area contributed by atoms with Crippen LogP contribution in [-0.2, 0) is 14.2 Å². The molecule has 0 saturated heterocycles. The van der Waals surface area contributed by atoms with Gasteiger partial charge < -0.3 is 19.5 Å². The van der Waals surface area contributed by atoms with Crippen molar-refractivity contribution in [1.29, 1.82) is 0 Å². The summed E-state index contributed by atoms with van der Waals surface area (Å²) in [4.78, 5) is 0. The molecule has 0 bridgehead atoms. The average Bonchev–Trinajstić information content (AvgIpc) is 2.24. The summed E-state index contributed by atoms with van der Waals surface area (Å²) in [6, 6.07) is 0.678. The van der Waals surface area contributed by atoms with E-state index in [-0.39, 0.29) is 0 Å². The van der Waals surface area contributed by atoms with Crippen molar-refractivity contribution in [3.8, 4) is 0 Å². The highest BCUT2D eigenvalue weighted by atomic mass is 16.5. The maximum atomic E-state index is 5.66. The Hall–Kier alpha value is -0.160. The summed E-state index contributed by atoms with van der Waals surface area (Å²) in [6.45, 7) is 6.15. The molecule has 0 spiro atoms. The monoisotopic (exact) mass is 231 g/mol. The molecular weight excluding hydrogens is 206 g/mol. The van der Waals surface area contributed by atoms with Gasteiger partial charge in [-0.1, -0.05) is 6.92 Å². The molecule has 0 aromatic rings. The van der Waals surface area contributed by atoms with Crippen LogP contribution in [0.15, 0.2) is 0 Å². The van der Waals surface area contributed by atoms with Crippen molar-refractivity contribution in [2.45, 2.75) is 38.3 Å².